The van der Waals surface area contributed by atoms with Gasteiger partial charge in [0, 0.05) is 30.6 Å². The van der Waals surface area contributed by atoms with Gasteiger partial charge in [-0.05, 0) is 25.5 Å². The Bertz CT molecular complexity index is 397. The average Bonchev–Trinajstić information content (AvgIpc) is 2.35. The molecule has 0 aromatic heterocycles. The lowest BCUT2D eigenvalue weighted by Crippen LogP contribution is -2.49. The number of rotatable bonds is 7. The minimum atomic E-state index is 0.176. The van der Waals surface area contributed by atoms with Crippen LogP contribution in [0.25, 0.3) is 0 Å². The molecule has 2 heteroatoms. The minimum absolute atomic E-state index is 0.176. The van der Waals surface area contributed by atoms with E-state index in [0.717, 1.165) is 19.1 Å². The number of nitrogens with one attached hydrogen (secondary N) is 1. The summed E-state index contributed by atoms with van der Waals surface area (Å²) in [5.74, 6) is 0. The van der Waals surface area contributed by atoms with E-state index in [2.05, 4.69) is 68.4 Å². The molecule has 1 N–H and O–H groups in total. The maximum Gasteiger partial charge on any atom is 0.0177 e. The lowest BCUT2D eigenvalue weighted by Gasteiger charge is -2.41. The molecule has 1 saturated carbocycles. The van der Waals surface area contributed by atoms with Crippen molar-refractivity contribution in [3.63, 3.8) is 0 Å². The molecule has 1 aliphatic rings. The van der Waals surface area contributed by atoms with E-state index in [0.29, 0.717) is 6.04 Å². The van der Waals surface area contributed by atoms with Gasteiger partial charge >= 0.3 is 0 Å². The molecule has 0 spiro atoms. The van der Waals surface area contributed by atoms with Crippen LogP contribution in [0.2, 0.25) is 0 Å². The first-order valence-electron chi connectivity index (χ1n) is 8.00. The molecular formula is C18H30N2. The van der Waals surface area contributed by atoms with Gasteiger partial charge in [-0.25, -0.2) is 0 Å². The van der Waals surface area contributed by atoms with E-state index in [-0.39, 0.29) is 5.41 Å². The van der Waals surface area contributed by atoms with Gasteiger partial charge in [0.05, 0.1) is 0 Å². The van der Waals surface area contributed by atoms with E-state index < -0.39 is 0 Å². The number of benzene rings is 1. The van der Waals surface area contributed by atoms with E-state index >= 15 is 0 Å². The second kappa shape index (κ2) is 6.73. The quantitative estimate of drug-likeness (QED) is 0.819. The molecule has 2 rings (SSSR count). The number of hydrogen-bond donors (Lipinski definition) is 1. The van der Waals surface area contributed by atoms with Gasteiger partial charge in [-0.3, -0.25) is 0 Å². The smallest absolute Gasteiger partial charge is 0.0177 e. The summed E-state index contributed by atoms with van der Waals surface area (Å²) in [6, 6.07) is 12.3. The van der Waals surface area contributed by atoms with Crippen LogP contribution in [0.15, 0.2) is 30.3 Å². The van der Waals surface area contributed by atoms with Crippen LogP contribution in [0.4, 0.5) is 0 Å². The molecule has 20 heavy (non-hydrogen) atoms. The maximum absolute atomic E-state index is 3.64. The molecule has 0 radical (unpaired) electrons. The predicted octanol–water partition coefficient (Wildman–Crippen LogP) is 3.43. The summed E-state index contributed by atoms with van der Waals surface area (Å²) in [5.41, 5.74) is 1.62. The van der Waals surface area contributed by atoms with Crippen molar-refractivity contribution in [2.45, 2.75) is 57.5 Å². The minimum Gasteiger partial charge on any atom is -0.314 e. The van der Waals surface area contributed by atoms with Crippen LogP contribution in [-0.4, -0.2) is 37.1 Å². The summed E-state index contributed by atoms with van der Waals surface area (Å²) in [5, 5.41) is 3.64. The van der Waals surface area contributed by atoms with Gasteiger partial charge in [0.25, 0.3) is 0 Å². The van der Waals surface area contributed by atoms with Crippen LogP contribution < -0.4 is 5.32 Å². The summed E-state index contributed by atoms with van der Waals surface area (Å²) in [4.78, 5) is 2.57. The van der Waals surface area contributed by atoms with Crippen molar-refractivity contribution < 1.29 is 0 Å². The summed E-state index contributed by atoms with van der Waals surface area (Å²) < 4.78 is 0. The molecule has 1 aromatic carbocycles. The molecule has 112 valence electrons. The Morgan fingerprint density at radius 3 is 2.40 bits per heavy atom. The Balaban J connectivity index is 2.10. The van der Waals surface area contributed by atoms with Crippen molar-refractivity contribution >= 4 is 0 Å². The Labute approximate surface area is 124 Å². The molecule has 1 unspecified atom stereocenters. The number of nitrogens with zero attached hydrogens (tertiary/aromatic N) is 1. The second-order valence-electron chi connectivity index (χ2n) is 6.96. The third-order valence-corrected chi connectivity index (χ3v) is 4.67. The van der Waals surface area contributed by atoms with Gasteiger partial charge in [0.1, 0.15) is 0 Å². The standard InChI is InChI=1S/C18H30N2/c1-15(2)19-13-18(3,16-9-6-5-7-10-16)14-20(4)17-11-8-12-17/h5-7,9-10,15,17,19H,8,11-14H2,1-4H3. The van der Waals surface area contributed by atoms with Crippen LogP contribution in [-0.2, 0) is 5.41 Å². The van der Waals surface area contributed by atoms with Gasteiger partial charge < -0.3 is 10.2 Å². The fraction of sp³-hybridized carbons (Fsp3) is 0.667. The van der Waals surface area contributed by atoms with E-state index in [9.17, 15) is 0 Å². The van der Waals surface area contributed by atoms with E-state index in [4.69, 9.17) is 0 Å². The molecular weight excluding hydrogens is 244 g/mol. The van der Waals surface area contributed by atoms with Crippen molar-refractivity contribution in [2.75, 3.05) is 20.1 Å². The van der Waals surface area contributed by atoms with Crippen molar-refractivity contribution in [3.8, 4) is 0 Å². The molecule has 1 fully saturated rings. The molecule has 0 bridgehead atoms. The van der Waals surface area contributed by atoms with Crippen LogP contribution in [0.3, 0.4) is 0 Å². The molecule has 0 heterocycles. The molecule has 1 atom stereocenters. The largest absolute Gasteiger partial charge is 0.314 e. The number of likely N-dealkylation sites (N-methyl/N-ethyl adjacent to an activating group) is 1. The van der Waals surface area contributed by atoms with E-state index in [1.54, 1.807) is 0 Å². The zero-order valence-corrected chi connectivity index (χ0v) is 13.5. The van der Waals surface area contributed by atoms with E-state index in [1.807, 2.05) is 0 Å². The van der Waals surface area contributed by atoms with E-state index in [1.165, 1.54) is 24.8 Å². The van der Waals surface area contributed by atoms with Gasteiger partial charge in [0.15, 0.2) is 0 Å². The molecule has 0 amide bonds. The van der Waals surface area contributed by atoms with Gasteiger partial charge in [-0.15, -0.1) is 0 Å². The summed E-state index contributed by atoms with van der Waals surface area (Å²) >= 11 is 0. The third kappa shape index (κ3) is 3.83. The van der Waals surface area contributed by atoms with Crippen LogP contribution in [0.5, 0.6) is 0 Å². The average molecular weight is 274 g/mol. The predicted molar refractivity (Wildman–Crippen MR) is 87.2 cm³/mol. The monoisotopic (exact) mass is 274 g/mol. The van der Waals surface area contributed by atoms with Crippen LogP contribution in [0.1, 0.15) is 45.6 Å². The zero-order chi connectivity index (χ0) is 14.6. The molecule has 2 nitrogen and oxygen atoms in total. The Morgan fingerprint density at radius 1 is 1.25 bits per heavy atom. The zero-order valence-electron chi connectivity index (χ0n) is 13.5. The SMILES string of the molecule is CC(C)NCC(C)(CN(C)C1CCC1)c1ccccc1. The first-order chi connectivity index (χ1) is 9.51. The van der Waals surface area contributed by atoms with Crippen molar-refractivity contribution in [2.24, 2.45) is 0 Å². The van der Waals surface area contributed by atoms with Crippen molar-refractivity contribution in [1.82, 2.24) is 10.2 Å². The van der Waals surface area contributed by atoms with Crippen LogP contribution in [0, 0.1) is 0 Å². The van der Waals surface area contributed by atoms with Crippen molar-refractivity contribution in [3.05, 3.63) is 35.9 Å². The lowest BCUT2D eigenvalue weighted by molar-refractivity contribution is 0.128. The van der Waals surface area contributed by atoms with Gasteiger partial charge in [0.2, 0.25) is 0 Å². The second-order valence-corrected chi connectivity index (χ2v) is 6.96. The van der Waals surface area contributed by atoms with Crippen molar-refractivity contribution in [1.29, 1.82) is 0 Å². The first kappa shape index (κ1) is 15.5. The first-order valence-corrected chi connectivity index (χ1v) is 8.00. The van der Waals surface area contributed by atoms with Gasteiger partial charge in [-0.1, -0.05) is 57.5 Å². The highest BCUT2D eigenvalue weighted by atomic mass is 15.1. The topological polar surface area (TPSA) is 15.3 Å². The number of hydrogen-bond acceptors (Lipinski definition) is 2. The highest BCUT2D eigenvalue weighted by Gasteiger charge is 2.32. The fourth-order valence-corrected chi connectivity index (χ4v) is 3.03. The summed E-state index contributed by atoms with van der Waals surface area (Å²) in [6.45, 7) is 9.00. The van der Waals surface area contributed by atoms with Gasteiger partial charge in [-0.2, -0.15) is 0 Å². The fourth-order valence-electron chi connectivity index (χ4n) is 3.03. The molecule has 1 aromatic rings. The van der Waals surface area contributed by atoms with Crippen LogP contribution >= 0.6 is 0 Å². The summed E-state index contributed by atoms with van der Waals surface area (Å²) in [7, 11) is 2.29. The Hall–Kier alpha value is -0.860. The maximum atomic E-state index is 3.64. The Kier molecular flexibility index (Phi) is 5.22. The normalized spacial score (nSPS) is 19.1. The lowest BCUT2D eigenvalue weighted by atomic mass is 9.80. The molecule has 0 aliphatic heterocycles. The molecule has 1 aliphatic carbocycles. The summed E-state index contributed by atoms with van der Waals surface area (Å²) in [6.07, 6.45) is 4.15. The molecule has 0 saturated heterocycles. The highest BCUT2D eigenvalue weighted by Crippen LogP contribution is 2.29. The highest BCUT2D eigenvalue weighted by molar-refractivity contribution is 5.25. The Morgan fingerprint density at radius 2 is 1.90 bits per heavy atom. The third-order valence-electron chi connectivity index (χ3n) is 4.67.